The lowest BCUT2D eigenvalue weighted by atomic mass is 10.2. The zero-order chi connectivity index (χ0) is 12.4. The minimum atomic E-state index is -0.503. The Balaban J connectivity index is 2.24. The number of thiophene rings is 1. The van der Waals surface area contributed by atoms with Gasteiger partial charge < -0.3 is 5.32 Å². The van der Waals surface area contributed by atoms with Gasteiger partial charge in [-0.15, -0.1) is 11.3 Å². The second-order valence-corrected chi connectivity index (χ2v) is 4.86. The van der Waals surface area contributed by atoms with E-state index in [9.17, 15) is 9.18 Å². The van der Waals surface area contributed by atoms with E-state index in [1.807, 2.05) is 18.4 Å². The summed E-state index contributed by atoms with van der Waals surface area (Å²) in [5.41, 5.74) is 0.963. The van der Waals surface area contributed by atoms with Gasteiger partial charge in [-0.3, -0.25) is 4.79 Å². The summed E-state index contributed by atoms with van der Waals surface area (Å²) >= 11 is 7.06. The number of rotatable bonds is 2. The quantitative estimate of drug-likeness (QED) is 0.874. The fraction of sp³-hybridized carbons (Fsp3) is 0.0833. The first-order valence-electron chi connectivity index (χ1n) is 4.88. The third-order valence-corrected chi connectivity index (χ3v) is 3.50. The van der Waals surface area contributed by atoms with Crippen molar-refractivity contribution >= 4 is 34.5 Å². The van der Waals surface area contributed by atoms with Crippen molar-refractivity contribution in [1.82, 2.24) is 0 Å². The average molecular weight is 270 g/mol. The second-order valence-electron chi connectivity index (χ2n) is 3.51. The van der Waals surface area contributed by atoms with Crippen LogP contribution >= 0.6 is 22.9 Å². The van der Waals surface area contributed by atoms with E-state index < -0.39 is 5.82 Å². The van der Waals surface area contributed by atoms with E-state index in [0.29, 0.717) is 9.90 Å². The van der Waals surface area contributed by atoms with Crippen LogP contribution in [0.3, 0.4) is 0 Å². The van der Waals surface area contributed by atoms with Crippen LogP contribution < -0.4 is 5.32 Å². The molecule has 0 saturated carbocycles. The lowest BCUT2D eigenvalue weighted by Crippen LogP contribution is -2.12. The highest BCUT2D eigenvalue weighted by Crippen LogP contribution is 2.22. The van der Waals surface area contributed by atoms with Crippen molar-refractivity contribution in [2.24, 2.45) is 0 Å². The lowest BCUT2D eigenvalue weighted by molar-refractivity contribution is 0.102. The molecule has 0 atom stereocenters. The number of amides is 1. The Morgan fingerprint density at radius 1 is 1.41 bits per heavy atom. The normalized spacial score (nSPS) is 10.3. The molecule has 1 N–H and O–H groups in total. The number of benzene rings is 1. The minimum absolute atomic E-state index is 0.0929. The van der Waals surface area contributed by atoms with E-state index in [0.717, 1.165) is 5.56 Å². The summed E-state index contributed by atoms with van der Waals surface area (Å²) < 4.78 is 13.4. The zero-order valence-corrected chi connectivity index (χ0v) is 10.5. The minimum Gasteiger partial charge on any atom is -0.319 e. The van der Waals surface area contributed by atoms with Gasteiger partial charge in [0.1, 0.15) is 5.82 Å². The summed E-state index contributed by atoms with van der Waals surface area (Å²) in [6, 6.07) is 5.88. The maximum Gasteiger partial charge on any atom is 0.266 e. The maximum absolute atomic E-state index is 13.4. The monoisotopic (exact) mass is 269 g/mol. The molecular formula is C12H9ClFNOS. The standard InChI is InChI=1S/C12H9ClFNOS/c1-7-4-5-17-11(7)12(16)15-10-6-8(13)2-3-9(10)14/h2-6H,1H3,(H,15,16). The van der Waals surface area contributed by atoms with Gasteiger partial charge in [-0.25, -0.2) is 4.39 Å². The van der Waals surface area contributed by atoms with E-state index in [2.05, 4.69) is 5.32 Å². The predicted molar refractivity (Wildman–Crippen MR) is 68.4 cm³/mol. The molecule has 0 spiro atoms. The Morgan fingerprint density at radius 3 is 2.82 bits per heavy atom. The van der Waals surface area contributed by atoms with Crippen LogP contribution in [-0.2, 0) is 0 Å². The highest BCUT2D eigenvalue weighted by Gasteiger charge is 2.12. The van der Waals surface area contributed by atoms with Crippen LogP contribution in [0.5, 0.6) is 0 Å². The van der Waals surface area contributed by atoms with Gasteiger partial charge in [-0.2, -0.15) is 0 Å². The SMILES string of the molecule is Cc1ccsc1C(=O)Nc1cc(Cl)ccc1F. The van der Waals surface area contributed by atoms with E-state index >= 15 is 0 Å². The van der Waals surface area contributed by atoms with Crippen LogP contribution in [0.1, 0.15) is 15.2 Å². The molecule has 0 fully saturated rings. The molecule has 1 aromatic carbocycles. The Hall–Kier alpha value is -1.39. The second kappa shape index (κ2) is 4.85. The summed E-state index contributed by atoms with van der Waals surface area (Å²) in [7, 11) is 0. The molecule has 5 heteroatoms. The number of halogens is 2. The topological polar surface area (TPSA) is 29.1 Å². The third kappa shape index (κ3) is 2.65. The number of hydrogen-bond donors (Lipinski definition) is 1. The lowest BCUT2D eigenvalue weighted by Gasteiger charge is -2.06. The van der Waals surface area contributed by atoms with E-state index in [1.54, 1.807) is 0 Å². The fourth-order valence-corrected chi connectivity index (χ4v) is 2.37. The molecule has 1 heterocycles. The van der Waals surface area contributed by atoms with Crippen molar-refractivity contribution in [2.75, 3.05) is 5.32 Å². The maximum atomic E-state index is 13.4. The Bertz CT molecular complexity index is 567. The summed E-state index contributed by atoms with van der Waals surface area (Å²) in [6.45, 7) is 1.83. The predicted octanol–water partition coefficient (Wildman–Crippen LogP) is 4.10. The molecule has 0 saturated heterocycles. The van der Waals surface area contributed by atoms with E-state index in [1.165, 1.54) is 29.5 Å². The molecule has 2 aromatic rings. The first kappa shape index (κ1) is 12.1. The summed E-state index contributed by atoms with van der Waals surface area (Å²) in [4.78, 5) is 12.4. The highest BCUT2D eigenvalue weighted by atomic mass is 35.5. The van der Waals surface area contributed by atoms with Crippen molar-refractivity contribution in [2.45, 2.75) is 6.92 Å². The molecule has 88 valence electrons. The van der Waals surface area contributed by atoms with Gasteiger partial charge in [0.05, 0.1) is 10.6 Å². The van der Waals surface area contributed by atoms with Gasteiger partial charge in [0.15, 0.2) is 0 Å². The van der Waals surface area contributed by atoms with Crippen LogP contribution in [0.2, 0.25) is 5.02 Å². The van der Waals surface area contributed by atoms with E-state index in [-0.39, 0.29) is 11.6 Å². The van der Waals surface area contributed by atoms with Crippen molar-refractivity contribution in [3.63, 3.8) is 0 Å². The summed E-state index contributed by atoms with van der Waals surface area (Å²) in [5.74, 6) is -0.823. The van der Waals surface area contributed by atoms with Crippen molar-refractivity contribution < 1.29 is 9.18 Å². The van der Waals surface area contributed by atoms with Gasteiger partial charge in [0.25, 0.3) is 5.91 Å². The Kier molecular flexibility index (Phi) is 3.45. The number of carbonyl (C=O) groups excluding carboxylic acids is 1. The van der Waals surface area contributed by atoms with Crippen LogP contribution in [0.4, 0.5) is 10.1 Å². The van der Waals surface area contributed by atoms with Gasteiger partial charge >= 0.3 is 0 Å². The number of anilines is 1. The Morgan fingerprint density at radius 2 is 2.18 bits per heavy atom. The van der Waals surface area contributed by atoms with Crippen LogP contribution in [0, 0.1) is 12.7 Å². The largest absolute Gasteiger partial charge is 0.319 e. The molecule has 0 bridgehead atoms. The first-order valence-corrected chi connectivity index (χ1v) is 6.14. The number of nitrogens with one attached hydrogen (secondary N) is 1. The van der Waals surface area contributed by atoms with Crippen LogP contribution in [0.25, 0.3) is 0 Å². The molecule has 17 heavy (non-hydrogen) atoms. The molecule has 0 radical (unpaired) electrons. The molecule has 2 rings (SSSR count). The molecule has 0 aliphatic carbocycles. The Labute approximate surface area is 107 Å². The zero-order valence-electron chi connectivity index (χ0n) is 8.96. The highest BCUT2D eigenvalue weighted by molar-refractivity contribution is 7.12. The fourth-order valence-electron chi connectivity index (χ4n) is 1.38. The van der Waals surface area contributed by atoms with Gasteiger partial charge in [0, 0.05) is 5.02 Å². The number of hydrogen-bond acceptors (Lipinski definition) is 2. The smallest absolute Gasteiger partial charge is 0.266 e. The third-order valence-electron chi connectivity index (χ3n) is 2.24. The van der Waals surface area contributed by atoms with Crippen LogP contribution in [0.15, 0.2) is 29.6 Å². The van der Waals surface area contributed by atoms with Crippen molar-refractivity contribution in [3.05, 3.63) is 50.9 Å². The molecular weight excluding hydrogens is 261 g/mol. The molecule has 0 aliphatic heterocycles. The molecule has 2 nitrogen and oxygen atoms in total. The number of carbonyl (C=O) groups is 1. The van der Waals surface area contributed by atoms with E-state index in [4.69, 9.17) is 11.6 Å². The first-order chi connectivity index (χ1) is 8.08. The molecule has 1 aromatic heterocycles. The summed E-state index contributed by atoms with van der Waals surface area (Å²) in [5, 5.41) is 4.70. The van der Waals surface area contributed by atoms with Crippen molar-refractivity contribution in [1.29, 1.82) is 0 Å². The molecule has 0 unspecified atom stereocenters. The number of aryl methyl sites for hydroxylation is 1. The average Bonchev–Trinajstić information content (AvgIpc) is 2.70. The molecule has 0 aliphatic rings. The van der Waals surface area contributed by atoms with Crippen LogP contribution in [-0.4, -0.2) is 5.91 Å². The van der Waals surface area contributed by atoms with Gasteiger partial charge in [-0.1, -0.05) is 11.6 Å². The van der Waals surface area contributed by atoms with Crippen molar-refractivity contribution in [3.8, 4) is 0 Å². The van der Waals surface area contributed by atoms with Gasteiger partial charge in [0.2, 0.25) is 0 Å². The molecule has 1 amide bonds. The summed E-state index contributed by atoms with van der Waals surface area (Å²) in [6.07, 6.45) is 0. The van der Waals surface area contributed by atoms with Gasteiger partial charge in [-0.05, 0) is 42.1 Å².